The molecule has 6 nitrogen and oxygen atoms in total. The van der Waals surface area contributed by atoms with E-state index in [1.54, 1.807) is 25.6 Å². The lowest BCUT2D eigenvalue weighted by molar-refractivity contribution is -0.650. The predicted octanol–water partition coefficient (Wildman–Crippen LogP) is 2.08. The van der Waals surface area contributed by atoms with Crippen LogP contribution in [-0.2, 0) is 22.5 Å². The molecule has 1 amide bonds. The van der Waals surface area contributed by atoms with Gasteiger partial charge in [-0.15, -0.1) is 11.3 Å². The zero-order chi connectivity index (χ0) is 20.5. The van der Waals surface area contributed by atoms with Crippen molar-refractivity contribution < 1.29 is 24.3 Å². The Morgan fingerprint density at radius 1 is 1.28 bits per heavy atom. The first-order valence-electron chi connectivity index (χ1n) is 10.1. The van der Waals surface area contributed by atoms with Gasteiger partial charge < -0.3 is 24.4 Å². The Kier molecular flexibility index (Phi) is 8.34. The van der Waals surface area contributed by atoms with E-state index in [9.17, 15) is 4.79 Å². The lowest BCUT2D eigenvalue weighted by atomic mass is 10.1. The molecule has 1 atom stereocenters. The number of thiophene rings is 1. The minimum Gasteiger partial charge on any atom is -0.493 e. The number of benzene rings is 1. The summed E-state index contributed by atoms with van der Waals surface area (Å²) in [4.78, 5) is 16.1. The molecule has 1 aliphatic rings. The summed E-state index contributed by atoms with van der Waals surface area (Å²) < 4.78 is 16.4. The van der Waals surface area contributed by atoms with Crippen LogP contribution in [0, 0.1) is 0 Å². The quantitative estimate of drug-likeness (QED) is 0.606. The number of nitrogens with zero attached hydrogens (tertiary/aromatic N) is 1. The summed E-state index contributed by atoms with van der Waals surface area (Å²) in [5.41, 5.74) is 1.12. The molecule has 1 fully saturated rings. The Bertz CT molecular complexity index is 760. The standard InChI is InChI=1S/C22H30N2O4S/c1-26-20-8-7-17(13-21(20)27-2)9-10-24(16-19-6-4-12-29-19)22(25)15-23-14-18-5-3-11-28-18/h4,6-8,12-13,18,23H,3,5,9-11,14-16H2,1-2H3/p+1/t18-/m0/s1. The highest BCUT2D eigenvalue weighted by atomic mass is 32.1. The molecular weight excluding hydrogens is 388 g/mol. The summed E-state index contributed by atoms with van der Waals surface area (Å²) in [6.07, 6.45) is 3.29. The van der Waals surface area contributed by atoms with Gasteiger partial charge in [0.1, 0.15) is 12.6 Å². The third-order valence-electron chi connectivity index (χ3n) is 5.17. The minimum atomic E-state index is 0.164. The summed E-state index contributed by atoms with van der Waals surface area (Å²) in [6.45, 7) is 3.48. The van der Waals surface area contributed by atoms with Gasteiger partial charge in [-0.25, -0.2) is 0 Å². The fraction of sp³-hybridized carbons (Fsp3) is 0.500. The molecule has 0 saturated carbocycles. The Hall–Kier alpha value is -2.09. The topological polar surface area (TPSA) is 64.6 Å². The van der Waals surface area contributed by atoms with Gasteiger partial charge in [0, 0.05) is 18.0 Å². The van der Waals surface area contributed by atoms with Crippen LogP contribution in [-0.4, -0.2) is 57.4 Å². The molecule has 0 bridgehead atoms. The van der Waals surface area contributed by atoms with Crippen LogP contribution in [0.2, 0.25) is 0 Å². The highest BCUT2D eigenvalue weighted by molar-refractivity contribution is 7.09. The average molecular weight is 420 g/mol. The van der Waals surface area contributed by atoms with Gasteiger partial charge in [0.25, 0.3) is 5.91 Å². The Balaban J connectivity index is 1.58. The summed E-state index contributed by atoms with van der Waals surface area (Å²) >= 11 is 1.68. The van der Waals surface area contributed by atoms with Gasteiger partial charge in [-0.05, 0) is 48.4 Å². The lowest BCUT2D eigenvalue weighted by Crippen LogP contribution is -2.88. The molecule has 29 heavy (non-hydrogen) atoms. The SMILES string of the molecule is COc1ccc(CCN(Cc2cccs2)C(=O)C[NH2+]C[C@@H]2CCCO2)cc1OC. The maximum atomic E-state index is 12.9. The monoisotopic (exact) mass is 419 g/mol. The summed E-state index contributed by atoms with van der Waals surface area (Å²) in [6, 6.07) is 10.0. The molecule has 2 N–H and O–H groups in total. The summed E-state index contributed by atoms with van der Waals surface area (Å²) in [5, 5.41) is 4.13. The molecule has 2 aromatic rings. The van der Waals surface area contributed by atoms with E-state index in [1.807, 2.05) is 29.2 Å². The van der Waals surface area contributed by atoms with Gasteiger partial charge in [-0.2, -0.15) is 0 Å². The zero-order valence-corrected chi connectivity index (χ0v) is 18.1. The van der Waals surface area contributed by atoms with Gasteiger partial charge in [-0.3, -0.25) is 4.79 Å². The molecule has 0 aliphatic carbocycles. The number of nitrogens with two attached hydrogens (primary N) is 1. The van der Waals surface area contributed by atoms with E-state index in [0.717, 1.165) is 38.0 Å². The molecular formula is C22H31N2O4S+. The maximum absolute atomic E-state index is 12.9. The smallest absolute Gasteiger partial charge is 0.278 e. The van der Waals surface area contributed by atoms with Crippen molar-refractivity contribution in [3.05, 3.63) is 46.2 Å². The third-order valence-corrected chi connectivity index (χ3v) is 6.03. The van der Waals surface area contributed by atoms with E-state index in [0.29, 0.717) is 37.2 Å². The van der Waals surface area contributed by atoms with Crippen LogP contribution < -0.4 is 14.8 Å². The molecule has 7 heteroatoms. The maximum Gasteiger partial charge on any atom is 0.278 e. The predicted molar refractivity (Wildman–Crippen MR) is 114 cm³/mol. The van der Waals surface area contributed by atoms with E-state index in [4.69, 9.17) is 14.2 Å². The Labute approximate surface area is 176 Å². The van der Waals surface area contributed by atoms with Crippen molar-refractivity contribution in [3.8, 4) is 11.5 Å². The van der Waals surface area contributed by atoms with Gasteiger partial charge >= 0.3 is 0 Å². The molecule has 0 spiro atoms. The van der Waals surface area contributed by atoms with Gasteiger partial charge in [-0.1, -0.05) is 12.1 Å². The number of methoxy groups -OCH3 is 2. The largest absolute Gasteiger partial charge is 0.493 e. The van der Waals surface area contributed by atoms with Gasteiger partial charge in [0.2, 0.25) is 0 Å². The van der Waals surface area contributed by atoms with Crippen molar-refractivity contribution in [2.45, 2.75) is 31.9 Å². The molecule has 1 aromatic heterocycles. The van der Waals surface area contributed by atoms with E-state index < -0.39 is 0 Å². The number of carbonyl (C=O) groups excluding carboxylic acids is 1. The molecule has 0 unspecified atom stereocenters. The van der Waals surface area contributed by atoms with Crippen molar-refractivity contribution in [2.75, 3.05) is 40.5 Å². The van der Waals surface area contributed by atoms with Crippen LogP contribution in [0.3, 0.4) is 0 Å². The van der Waals surface area contributed by atoms with Crippen LogP contribution in [0.15, 0.2) is 35.7 Å². The van der Waals surface area contributed by atoms with Crippen molar-refractivity contribution in [1.29, 1.82) is 0 Å². The second-order valence-corrected chi connectivity index (χ2v) is 8.23. The Morgan fingerprint density at radius 3 is 2.83 bits per heavy atom. The van der Waals surface area contributed by atoms with Gasteiger partial charge in [0.15, 0.2) is 18.0 Å². The Morgan fingerprint density at radius 2 is 2.14 bits per heavy atom. The third kappa shape index (κ3) is 6.45. The molecule has 1 saturated heterocycles. The number of quaternary nitrogens is 1. The number of amides is 1. The van der Waals surface area contributed by atoms with Crippen LogP contribution in [0.4, 0.5) is 0 Å². The highest BCUT2D eigenvalue weighted by Crippen LogP contribution is 2.27. The molecule has 0 radical (unpaired) electrons. The average Bonchev–Trinajstić information content (AvgIpc) is 3.45. The molecule has 1 aromatic carbocycles. The molecule has 3 rings (SSSR count). The number of hydrogen-bond acceptors (Lipinski definition) is 5. The van der Waals surface area contributed by atoms with E-state index in [1.165, 1.54) is 4.88 Å². The van der Waals surface area contributed by atoms with Gasteiger partial charge in [0.05, 0.1) is 20.8 Å². The van der Waals surface area contributed by atoms with Crippen molar-refractivity contribution in [3.63, 3.8) is 0 Å². The zero-order valence-electron chi connectivity index (χ0n) is 17.3. The first kappa shape index (κ1) is 21.6. The summed E-state index contributed by atoms with van der Waals surface area (Å²) in [7, 11) is 3.27. The molecule has 2 heterocycles. The van der Waals surface area contributed by atoms with Crippen LogP contribution in [0.1, 0.15) is 23.3 Å². The highest BCUT2D eigenvalue weighted by Gasteiger charge is 2.20. The summed E-state index contributed by atoms with van der Waals surface area (Å²) in [5.74, 6) is 1.59. The van der Waals surface area contributed by atoms with E-state index in [-0.39, 0.29) is 5.91 Å². The number of hydrogen-bond donors (Lipinski definition) is 1. The number of rotatable bonds is 11. The van der Waals surface area contributed by atoms with Crippen LogP contribution in [0.5, 0.6) is 11.5 Å². The van der Waals surface area contributed by atoms with E-state index >= 15 is 0 Å². The fourth-order valence-corrected chi connectivity index (χ4v) is 4.25. The second kappa shape index (κ2) is 11.2. The molecule has 1 aliphatic heterocycles. The molecule has 158 valence electrons. The number of carbonyl (C=O) groups is 1. The second-order valence-electron chi connectivity index (χ2n) is 7.20. The number of ether oxygens (including phenoxy) is 3. The first-order valence-corrected chi connectivity index (χ1v) is 11.0. The van der Waals surface area contributed by atoms with Crippen molar-refractivity contribution >= 4 is 17.2 Å². The minimum absolute atomic E-state index is 0.164. The van der Waals surface area contributed by atoms with Crippen LogP contribution >= 0.6 is 11.3 Å². The fourth-order valence-electron chi connectivity index (χ4n) is 3.53. The van der Waals surface area contributed by atoms with E-state index in [2.05, 4.69) is 16.8 Å². The van der Waals surface area contributed by atoms with Crippen LogP contribution in [0.25, 0.3) is 0 Å². The lowest BCUT2D eigenvalue weighted by Gasteiger charge is -2.22. The normalized spacial score (nSPS) is 16.0. The van der Waals surface area contributed by atoms with Crippen molar-refractivity contribution in [2.24, 2.45) is 0 Å². The van der Waals surface area contributed by atoms with Crippen molar-refractivity contribution in [1.82, 2.24) is 4.90 Å². The first-order chi connectivity index (χ1) is 14.2.